The van der Waals surface area contributed by atoms with E-state index in [0.717, 1.165) is 25.8 Å². The molecule has 0 aromatic rings. The highest BCUT2D eigenvalue weighted by Gasteiger charge is 2.22. The van der Waals surface area contributed by atoms with Gasteiger partial charge < -0.3 is 15.7 Å². The number of carbonyl (C=O) groups is 1. The van der Waals surface area contributed by atoms with Crippen LogP contribution < -0.4 is 10.6 Å². The lowest BCUT2D eigenvalue weighted by Crippen LogP contribution is -2.48. The van der Waals surface area contributed by atoms with Crippen molar-refractivity contribution in [2.45, 2.75) is 58.6 Å². The average molecular weight is 279 g/mol. The Labute approximate surface area is 116 Å². The normalized spacial score (nSPS) is 21.9. The molecule has 0 radical (unpaired) electrons. The van der Waals surface area contributed by atoms with E-state index < -0.39 is 6.10 Å². The number of amides is 1. The van der Waals surface area contributed by atoms with Crippen LogP contribution in [-0.4, -0.2) is 36.2 Å². The molecule has 0 aliphatic carbocycles. The van der Waals surface area contributed by atoms with Crippen molar-refractivity contribution in [2.24, 2.45) is 5.41 Å². The Balaban J connectivity index is 0.00000289. The molecule has 2 atom stereocenters. The van der Waals surface area contributed by atoms with Crippen LogP contribution in [0.1, 0.15) is 46.5 Å². The fraction of sp³-hybridized carbons (Fsp3) is 0.923. The van der Waals surface area contributed by atoms with Crippen LogP contribution in [-0.2, 0) is 4.79 Å². The Morgan fingerprint density at radius 3 is 2.61 bits per heavy atom. The van der Waals surface area contributed by atoms with Crippen molar-refractivity contribution >= 4 is 18.3 Å². The van der Waals surface area contributed by atoms with Crippen LogP contribution in [0.4, 0.5) is 0 Å². The largest absolute Gasteiger partial charge is 0.391 e. The highest BCUT2D eigenvalue weighted by Crippen LogP contribution is 2.20. The average Bonchev–Trinajstić information content (AvgIpc) is 2.25. The standard InChI is InChI=1S/C13H26N2O2.ClH/c1-13(2,3)8-10(16)9-15-12(17)11-6-4-5-7-14-11;/h10-11,14,16H,4-9H2,1-3H3,(H,15,17);1H. The van der Waals surface area contributed by atoms with Crippen molar-refractivity contribution < 1.29 is 9.90 Å². The minimum Gasteiger partial charge on any atom is -0.391 e. The number of piperidine rings is 1. The van der Waals surface area contributed by atoms with E-state index in [4.69, 9.17) is 0 Å². The molecule has 0 spiro atoms. The first kappa shape index (κ1) is 17.7. The van der Waals surface area contributed by atoms with Crippen molar-refractivity contribution in [3.05, 3.63) is 0 Å². The van der Waals surface area contributed by atoms with Crippen LogP contribution in [0.5, 0.6) is 0 Å². The van der Waals surface area contributed by atoms with E-state index in [9.17, 15) is 9.90 Å². The second kappa shape index (κ2) is 7.97. The quantitative estimate of drug-likeness (QED) is 0.730. The Morgan fingerprint density at radius 1 is 1.44 bits per heavy atom. The van der Waals surface area contributed by atoms with Crippen LogP contribution in [0.2, 0.25) is 0 Å². The number of aliphatic hydroxyl groups is 1. The first-order valence-corrected chi connectivity index (χ1v) is 6.58. The molecule has 1 fully saturated rings. The second-order valence-electron chi connectivity index (χ2n) is 6.17. The van der Waals surface area contributed by atoms with Gasteiger partial charge in [0, 0.05) is 6.54 Å². The van der Waals surface area contributed by atoms with Gasteiger partial charge in [0.05, 0.1) is 12.1 Å². The van der Waals surface area contributed by atoms with Crippen molar-refractivity contribution in [3.8, 4) is 0 Å². The molecule has 1 amide bonds. The van der Waals surface area contributed by atoms with Gasteiger partial charge in [-0.3, -0.25) is 4.79 Å². The molecule has 1 rings (SSSR count). The first-order valence-electron chi connectivity index (χ1n) is 6.58. The molecule has 108 valence electrons. The van der Waals surface area contributed by atoms with E-state index in [-0.39, 0.29) is 29.8 Å². The van der Waals surface area contributed by atoms with E-state index >= 15 is 0 Å². The first-order chi connectivity index (χ1) is 7.88. The number of nitrogens with one attached hydrogen (secondary N) is 2. The zero-order valence-electron chi connectivity index (χ0n) is 11.7. The van der Waals surface area contributed by atoms with Crippen LogP contribution in [0.3, 0.4) is 0 Å². The van der Waals surface area contributed by atoms with Gasteiger partial charge in [0.2, 0.25) is 5.91 Å². The van der Waals surface area contributed by atoms with Gasteiger partial charge in [-0.05, 0) is 31.2 Å². The number of aliphatic hydroxyl groups excluding tert-OH is 1. The molecule has 0 saturated carbocycles. The van der Waals surface area contributed by atoms with Crippen LogP contribution in [0.15, 0.2) is 0 Å². The molecule has 5 heteroatoms. The molecule has 2 unspecified atom stereocenters. The zero-order chi connectivity index (χ0) is 12.9. The molecule has 1 heterocycles. The topological polar surface area (TPSA) is 61.4 Å². The molecule has 3 N–H and O–H groups in total. The lowest BCUT2D eigenvalue weighted by molar-refractivity contribution is -0.124. The Bertz CT molecular complexity index is 248. The van der Waals surface area contributed by atoms with Gasteiger partial charge in [-0.2, -0.15) is 0 Å². The van der Waals surface area contributed by atoms with Gasteiger partial charge in [0.25, 0.3) is 0 Å². The maximum Gasteiger partial charge on any atom is 0.237 e. The third kappa shape index (κ3) is 7.19. The van der Waals surface area contributed by atoms with Crippen molar-refractivity contribution in [2.75, 3.05) is 13.1 Å². The van der Waals surface area contributed by atoms with Crippen molar-refractivity contribution in [1.29, 1.82) is 0 Å². The lowest BCUT2D eigenvalue weighted by Gasteiger charge is -2.25. The Hall–Kier alpha value is -0.320. The summed E-state index contributed by atoms with van der Waals surface area (Å²) in [6, 6.07) is -0.0643. The summed E-state index contributed by atoms with van der Waals surface area (Å²) in [7, 11) is 0. The lowest BCUT2D eigenvalue weighted by atomic mass is 9.89. The van der Waals surface area contributed by atoms with Crippen LogP contribution >= 0.6 is 12.4 Å². The fourth-order valence-electron chi connectivity index (χ4n) is 2.20. The Kier molecular flexibility index (Phi) is 7.83. The molecular formula is C13H27ClN2O2. The highest BCUT2D eigenvalue weighted by molar-refractivity contribution is 5.85. The van der Waals surface area contributed by atoms with Gasteiger partial charge in [-0.1, -0.05) is 27.2 Å². The Morgan fingerprint density at radius 2 is 2.11 bits per heavy atom. The monoisotopic (exact) mass is 278 g/mol. The third-order valence-electron chi connectivity index (χ3n) is 2.99. The molecule has 1 aliphatic rings. The summed E-state index contributed by atoms with van der Waals surface area (Å²) < 4.78 is 0. The molecule has 0 aromatic heterocycles. The summed E-state index contributed by atoms with van der Waals surface area (Å²) in [6.07, 6.45) is 3.40. The number of hydrogen-bond acceptors (Lipinski definition) is 3. The number of rotatable bonds is 4. The summed E-state index contributed by atoms with van der Waals surface area (Å²) in [5, 5.41) is 15.8. The van der Waals surface area contributed by atoms with E-state index in [2.05, 4.69) is 31.4 Å². The molecule has 0 aromatic carbocycles. The zero-order valence-corrected chi connectivity index (χ0v) is 12.5. The van der Waals surface area contributed by atoms with E-state index in [1.807, 2.05) is 0 Å². The smallest absolute Gasteiger partial charge is 0.237 e. The van der Waals surface area contributed by atoms with Gasteiger partial charge in [-0.25, -0.2) is 0 Å². The van der Waals surface area contributed by atoms with E-state index in [1.165, 1.54) is 0 Å². The molecule has 18 heavy (non-hydrogen) atoms. The van der Waals surface area contributed by atoms with Gasteiger partial charge in [-0.15, -0.1) is 12.4 Å². The third-order valence-corrected chi connectivity index (χ3v) is 2.99. The summed E-state index contributed by atoms with van der Waals surface area (Å²) in [4.78, 5) is 11.8. The van der Waals surface area contributed by atoms with E-state index in [1.54, 1.807) is 0 Å². The highest BCUT2D eigenvalue weighted by atomic mass is 35.5. The maximum atomic E-state index is 11.8. The van der Waals surface area contributed by atoms with Crippen molar-refractivity contribution in [3.63, 3.8) is 0 Å². The number of halogens is 1. The van der Waals surface area contributed by atoms with Crippen molar-refractivity contribution in [1.82, 2.24) is 10.6 Å². The molecule has 1 saturated heterocycles. The predicted octanol–water partition coefficient (Wildman–Crippen LogP) is 1.46. The van der Waals surface area contributed by atoms with Crippen LogP contribution in [0, 0.1) is 5.41 Å². The summed E-state index contributed by atoms with van der Waals surface area (Å²) in [5.41, 5.74) is 0.0905. The molecule has 4 nitrogen and oxygen atoms in total. The van der Waals surface area contributed by atoms with Gasteiger partial charge in [0.15, 0.2) is 0 Å². The summed E-state index contributed by atoms with van der Waals surface area (Å²) in [5.74, 6) is 0.0256. The predicted molar refractivity (Wildman–Crippen MR) is 76.0 cm³/mol. The minimum absolute atomic E-state index is 0. The molecular weight excluding hydrogens is 252 g/mol. The fourth-order valence-corrected chi connectivity index (χ4v) is 2.20. The number of carbonyl (C=O) groups excluding carboxylic acids is 1. The van der Waals surface area contributed by atoms with Gasteiger partial charge in [0.1, 0.15) is 0 Å². The number of hydrogen-bond donors (Lipinski definition) is 3. The SMILES string of the molecule is CC(C)(C)CC(O)CNC(=O)C1CCCCN1.Cl. The summed E-state index contributed by atoms with van der Waals surface area (Å²) in [6.45, 7) is 7.53. The minimum atomic E-state index is -0.456. The summed E-state index contributed by atoms with van der Waals surface area (Å²) >= 11 is 0. The maximum absolute atomic E-state index is 11.8. The van der Waals surface area contributed by atoms with Crippen LogP contribution in [0.25, 0.3) is 0 Å². The van der Waals surface area contributed by atoms with Gasteiger partial charge >= 0.3 is 0 Å². The molecule has 1 aliphatic heterocycles. The second-order valence-corrected chi connectivity index (χ2v) is 6.17. The van der Waals surface area contributed by atoms with E-state index in [0.29, 0.717) is 13.0 Å². The molecule has 0 bridgehead atoms.